The van der Waals surface area contributed by atoms with Gasteiger partial charge in [0.25, 0.3) is 0 Å². The van der Waals surface area contributed by atoms with Crippen LogP contribution in [0.1, 0.15) is 5.69 Å². The zero-order chi connectivity index (χ0) is 15.4. The van der Waals surface area contributed by atoms with Crippen LogP contribution in [0.3, 0.4) is 0 Å². The second-order valence-corrected chi connectivity index (χ2v) is 5.55. The van der Waals surface area contributed by atoms with E-state index in [1.54, 1.807) is 6.07 Å². The van der Waals surface area contributed by atoms with Gasteiger partial charge in [0.05, 0.1) is 6.54 Å². The molecule has 0 unspecified atom stereocenters. The first-order chi connectivity index (χ1) is 10.7. The van der Waals surface area contributed by atoms with Gasteiger partial charge < -0.3 is 20.1 Å². The molecule has 116 valence electrons. The molecule has 3 rings (SSSR count). The zero-order valence-corrected chi connectivity index (χ0v) is 12.9. The third kappa shape index (κ3) is 3.51. The Morgan fingerprint density at radius 1 is 1.18 bits per heavy atom. The van der Waals surface area contributed by atoms with E-state index >= 15 is 0 Å². The van der Waals surface area contributed by atoms with E-state index < -0.39 is 0 Å². The maximum atomic E-state index is 6.05. The first-order valence-corrected chi connectivity index (χ1v) is 7.55. The van der Waals surface area contributed by atoms with E-state index in [4.69, 9.17) is 21.9 Å². The fraction of sp³-hybridized carbons (Fsp3) is 0.333. The van der Waals surface area contributed by atoms with Crippen LogP contribution in [0.4, 0.5) is 5.69 Å². The van der Waals surface area contributed by atoms with E-state index in [0.717, 1.165) is 36.9 Å². The van der Waals surface area contributed by atoms with Crippen molar-refractivity contribution in [3.05, 3.63) is 47.3 Å². The number of benzene rings is 1. The van der Waals surface area contributed by atoms with E-state index in [-0.39, 0.29) is 0 Å². The molecule has 0 aliphatic carbocycles. The summed E-state index contributed by atoms with van der Waals surface area (Å²) in [5, 5.41) is 4.57. The third-order valence-corrected chi connectivity index (χ3v) is 3.94. The smallest absolute Gasteiger partial charge is 0.191 e. The fourth-order valence-corrected chi connectivity index (χ4v) is 2.55. The van der Waals surface area contributed by atoms with Gasteiger partial charge in [-0.1, -0.05) is 16.8 Å². The Balaban J connectivity index is 1.54. The minimum Gasteiger partial charge on any atom is -0.370 e. The minimum absolute atomic E-state index is 0.444. The Bertz CT molecular complexity index is 618. The number of aromatic nitrogens is 1. The summed E-state index contributed by atoms with van der Waals surface area (Å²) in [5.74, 6) is 0.554. The lowest BCUT2D eigenvalue weighted by Crippen LogP contribution is -2.51. The molecule has 1 aliphatic heterocycles. The molecule has 0 radical (unpaired) electrons. The van der Waals surface area contributed by atoms with Crippen molar-refractivity contribution in [3.63, 3.8) is 0 Å². The lowest BCUT2D eigenvalue weighted by Gasteiger charge is -2.36. The van der Waals surface area contributed by atoms with Gasteiger partial charge >= 0.3 is 0 Å². The van der Waals surface area contributed by atoms with Gasteiger partial charge in [0.1, 0.15) is 12.0 Å². The van der Waals surface area contributed by atoms with Crippen LogP contribution in [-0.2, 0) is 6.54 Å². The Morgan fingerprint density at radius 2 is 1.91 bits per heavy atom. The fourth-order valence-electron chi connectivity index (χ4n) is 2.43. The van der Waals surface area contributed by atoms with E-state index in [1.807, 2.05) is 24.3 Å². The van der Waals surface area contributed by atoms with Crippen LogP contribution in [0, 0.1) is 0 Å². The largest absolute Gasteiger partial charge is 0.370 e. The van der Waals surface area contributed by atoms with Gasteiger partial charge in [-0.15, -0.1) is 0 Å². The average Bonchev–Trinajstić information content (AvgIpc) is 3.07. The highest BCUT2D eigenvalue weighted by molar-refractivity contribution is 6.30. The molecule has 1 aromatic heterocycles. The summed E-state index contributed by atoms with van der Waals surface area (Å²) in [6.07, 6.45) is 1.53. The van der Waals surface area contributed by atoms with Crippen molar-refractivity contribution in [3.8, 4) is 0 Å². The predicted molar refractivity (Wildman–Crippen MR) is 87.1 cm³/mol. The van der Waals surface area contributed by atoms with Crippen molar-refractivity contribution in [2.45, 2.75) is 6.54 Å². The maximum Gasteiger partial charge on any atom is 0.191 e. The predicted octanol–water partition coefficient (Wildman–Crippen LogP) is 1.96. The number of nitrogens with two attached hydrogens (primary N) is 1. The van der Waals surface area contributed by atoms with Gasteiger partial charge in [-0.05, 0) is 24.3 Å². The molecule has 2 heterocycles. The van der Waals surface area contributed by atoms with Crippen LogP contribution in [0.5, 0.6) is 0 Å². The molecule has 0 saturated carbocycles. The number of halogens is 1. The molecule has 1 aliphatic rings. The van der Waals surface area contributed by atoms with Crippen molar-refractivity contribution in [2.24, 2.45) is 10.7 Å². The molecule has 6 nitrogen and oxygen atoms in total. The van der Waals surface area contributed by atoms with Crippen LogP contribution < -0.4 is 10.6 Å². The van der Waals surface area contributed by atoms with Crippen molar-refractivity contribution in [1.82, 2.24) is 10.1 Å². The standard InChI is InChI=1S/C15H18ClN5O/c16-12-1-3-14(4-2-12)20-6-8-21(9-7-20)15(17)18-11-13-5-10-22-19-13/h1-5,10H,6-9,11H2,(H2,17,18). The highest BCUT2D eigenvalue weighted by Crippen LogP contribution is 2.19. The van der Waals surface area contributed by atoms with Crippen molar-refractivity contribution < 1.29 is 4.52 Å². The number of rotatable bonds is 3. The van der Waals surface area contributed by atoms with Crippen molar-refractivity contribution in [2.75, 3.05) is 31.1 Å². The molecule has 1 aromatic carbocycles. The molecule has 22 heavy (non-hydrogen) atoms. The second kappa shape index (κ2) is 6.70. The summed E-state index contributed by atoms with van der Waals surface area (Å²) in [6.45, 7) is 3.94. The second-order valence-electron chi connectivity index (χ2n) is 5.12. The van der Waals surface area contributed by atoms with Crippen molar-refractivity contribution in [1.29, 1.82) is 0 Å². The minimum atomic E-state index is 0.444. The molecule has 0 atom stereocenters. The molecule has 1 fully saturated rings. The van der Waals surface area contributed by atoms with Gasteiger partial charge in [-0.3, -0.25) is 0 Å². The molecule has 2 N–H and O–H groups in total. The topological polar surface area (TPSA) is 70.9 Å². The first-order valence-electron chi connectivity index (χ1n) is 7.17. The summed E-state index contributed by atoms with van der Waals surface area (Å²) >= 11 is 5.92. The number of nitrogens with zero attached hydrogens (tertiary/aromatic N) is 4. The Morgan fingerprint density at radius 3 is 2.55 bits per heavy atom. The Kier molecular flexibility index (Phi) is 4.48. The van der Waals surface area contributed by atoms with Crippen LogP contribution in [-0.4, -0.2) is 42.2 Å². The highest BCUT2D eigenvalue weighted by atomic mass is 35.5. The molecule has 2 aromatic rings. The van der Waals surface area contributed by atoms with Gasteiger partial charge in [-0.2, -0.15) is 0 Å². The molecular formula is C15H18ClN5O. The third-order valence-electron chi connectivity index (χ3n) is 3.69. The number of hydrogen-bond acceptors (Lipinski definition) is 4. The number of hydrogen-bond donors (Lipinski definition) is 1. The van der Waals surface area contributed by atoms with Gasteiger partial charge in [0.15, 0.2) is 5.96 Å². The van der Waals surface area contributed by atoms with E-state index in [0.29, 0.717) is 12.5 Å². The molecule has 0 spiro atoms. The number of guanidine groups is 1. The molecule has 0 amide bonds. The highest BCUT2D eigenvalue weighted by Gasteiger charge is 2.18. The molecular weight excluding hydrogens is 302 g/mol. The van der Waals surface area contributed by atoms with Crippen LogP contribution in [0.2, 0.25) is 5.02 Å². The molecule has 7 heteroatoms. The number of anilines is 1. The van der Waals surface area contributed by atoms with E-state index in [1.165, 1.54) is 12.0 Å². The van der Waals surface area contributed by atoms with Crippen LogP contribution in [0.15, 0.2) is 46.1 Å². The van der Waals surface area contributed by atoms with Gasteiger partial charge in [0, 0.05) is 43.0 Å². The summed E-state index contributed by atoms with van der Waals surface area (Å²) in [7, 11) is 0. The number of aliphatic imine (C=N–C) groups is 1. The van der Waals surface area contributed by atoms with Crippen molar-refractivity contribution >= 4 is 23.2 Å². The average molecular weight is 320 g/mol. The maximum absolute atomic E-state index is 6.05. The SMILES string of the molecule is NC(=NCc1ccon1)N1CCN(c2ccc(Cl)cc2)CC1. The zero-order valence-electron chi connectivity index (χ0n) is 12.2. The first kappa shape index (κ1) is 14.7. The van der Waals surface area contributed by atoms with Gasteiger partial charge in [0.2, 0.25) is 0 Å². The van der Waals surface area contributed by atoms with Crippen LogP contribution >= 0.6 is 11.6 Å². The summed E-state index contributed by atoms with van der Waals surface area (Å²) in [4.78, 5) is 8.77. The van der Waals surface area contributed by atoms with Crippen LogP contribution in [0.25, 0.3) is 0 Å². The normalized spacial score (nSPS) is 16.1. The Labute approximate surface area is 134 Å². The quantitative estimate of drug-likeness (QED) is 0.692. The monoisotopic (exact) mass is 319 g/mol. The Hall–Kier alpha value is -2.21. The molecule has 0 bridgehead atoms. The van der Waals surface area contributed by atoms with E-state index in [2.05, 4.69) is 19.9 Å². The molecule has 1 saturated heterocycles. The summed E-state index contributed by atoms with van der Waals surface area (Å²) in [5.41, 5.74) is 8.01. The number of piperazine rings is 1. The summed E-state index contributed by atoms with van der Waals surface area (Å²) in [6, 6.07) is 9.70. The summed E-state index contributed by atoms with van der Waals surface area (Å²) < 4.78 is 4.77. The van der Waals surface area contributed by atoms with E-state index in [9.17, 15) is 0 Å². The van der Waals surface area contributed by atoms with Gasteiger partial charge in [-0.25, -0.2) is 4.99 Å². The lowest BCUT2D eigenvalue weighted by molar-refractivity contribution is 0.380. The lowest BCUT2D eigenvalue weighted by atomic mass is 10.2.